The number of esters is 1. The van der Waals surface area contributed by atoms with Gasteiger partial charge in [-0.3, -0.25) is 9.69 Å². The number of aromatic amines is 1. The highest BCUT2D eigenvalue weighted by molar-refractivity contribution is 6.09. The molecule has 1 spiro atoms. The number of carbonyl (C=O) groups is 2. The monoisotopic (exact) mass is 925 g/mol. The number of anilines is 1. The highest BCUT2D eigenvalue weighted by Gasteiger charge is 2.73. The van der Waals surface area contributed by atoms with E-state index in [0.717, 1.165) is 57.5 Å². The second kappa shape index (κ2) is 15.9. The molecule has 16 nitrogen and oxygen atoms in total. The van der Waals surface area contributed by atoms with Crippen molar-refractivity contribution in [3.8, 4) is 11.5 Å². The topological polar surface area (TPSA) is 178 Å². The van der Waals surface area contributed by atoms with E-state index in [1.807, 2.05) is 36.4 Å². The third-order valence-corrected chi connectivity index (χ3v) is 15.8. The number of fused-ring (bicyclic) bond motifs is 4. The number of hydrogen-bond donors (Lipinski definition) is 3. The van der Waals surface area contributed by atoms with Crippen LogP contribution in [0.3, 0.4) is 0 Å². The van der Waals surface area contributed by atoms with E-state index in [9.17, 15) is 14.7 Å². The maximum absolute atomic E-state index is 14.3. The lowest BCUT2D eigenvalue weighted by atomic mass is 9.49. The number of rotatable bonds is 10. The summed E-state index contributed by atoms with van der Waals surface area (Å²) >= 11 is 0. The van der Waals surface area contributed by atoms with Crippen LogP contribution in [0.1, 0.15) is 116 Å². The summed E-state index contributed by atoms with van der Waals surface area (Å²) < 4.78 is 60.4. The predicted octanol–water partition coefficient (Wildman–Crippen LogP) is 6.52. The SMILES string of the molecule is O=C(Nc1cccc2c3c([nH]c12)[C@@H]1Oc2c(OC(=O)c4ccc(C5OCCO5)c(C5OCCO5)c4)ccc4c2[C@@]12CCN(CC1CC1)[C@H](C4)[C@]2(O)C3)c1ccc(C2OCCO2)c(C2OCCO2)c1. The number of benzene rings is 4. The first kappa shape index (κ1) is 41.7. The van der Waals surface area contributed by atoms with Crippen LogP contribution >= 0.6 is 0 Å². The maximum atomic E-state index is 14.3. The molecule has 1 amide bonds. The average Bonchev–Trinajstić information content (AvgIpc) is 4.12. The van der Waals surface area contributed by atoms with Crippen molar-refractivity contribution in [3.05, 3.63) is 122 Å². The van der Waals surface area contributed by atoms with Crippen LogP contribution in [-0.4, -0.2) is 104 Å². The molecule has 9 aliphatic rings. The van der Waals surface area contributed by atoms with Crippen LogP contribution in [0.4, 0.5) is 5.69 Å². The second-order valence-electron chi connectivity index (χ2n) is 19.5. The lowest BCUT2D eigenvalue weighted by molar-refractivity contribution is -0.173. The van der Waals surface area contributed by atoms with Crippen molar-refractivity contribution in [1.29, 1.82) is 0 Å². The number of aliphatic hydroxyl groups is 1. The zero-order valence-corrected chi connectivity index (χ0v) is 37.3. The summed E-state index contributed by atoms with van der Waals surface area (Å²) in [6.45, 7) is 5.38. The van der Waals surface area contributed by atoms with Crippen LogP contribution in [0.25, 0.3) is 10.9 Å². The molecule has 7 heterocycles. The Hall–Kier alpha value is -5.24. The first-order chi connectivity index (χ1) is 33.3. The van der Waals surface area contributed by atoms with E-state index < -0.39 is 48.2 Å². The summed E-state index contributed by atoms with van der Waals surface area (Å²) in [5, 5.41) is 17.8. The van der Waals surface area contributed by atoms with Crippen LogP contribution in [0.15, 0.2) is 66.7 Å². The van der Waals surface area contributed by atoms with Crippen molar-refractivity contribution in [2.24, 2.45) is 5.92 Å². The molecule has 1 saturated carbocycles. The van der Waals surface area contributed by atoms with E-state index in [1.165, 1.54) is 12.8 Å². The third-order valence-electron chi connectivity index (χ3n) is 15.8. The highest BCUT2D eigenvalue weighted by atomic mass is 16.7. The first-order valence-electron chi connectivity index (χ1n) is 24.0. The third kappa shape index (κ3) is 6.36. The molecule has 6 fully saturated rings. The van der Waals surface area contributed by atoms with Gasteiger partial charge in [0.05, 0.1) is 86.3 Å². The number of hydrogen-bond acceptors (Lipinski definition) is 14. The van der Waals surface area contributed by atoms with E-state index in [0.29, 0.717) is 112 Å². The number of nitrogens with zero attached hydrogens (tertiary/aromatic N) is 1. The molecule has 16 heteroatoms. The molecule has 3 N–H and O–H groups in total. The van der Waals surface area contributed by atoms with Crippen molar-refractivity contribution < 1.29 is 62.1 Å². The van der Waals surface area contributed by atoms with E-state index >= 15 is 0 Å². The van der Waals surface area contributed by atoms with Crippen molar-refractivity contribution in [3.63, 3.8) is 0 Å². The van der Waals surface area contributed by atoms with Gasteiger partial charge in [-0.05, 0) is 85.7 Å². The molecule has 0 radical (unpaired) electrons. The maximum Gasteiger partial charge on any atom is 0.343 e. The fraction of sp³-hybridized carbons (Fsp3) is 0.462. The van der Waals surface area contributed by atoms with Gasteiger partial charge in [-0.1, -0.05) is 30.3 Å². The summed E-state index contributed by atoms with van der Waals surface area (Å²) in [4.78, 5) is 34.8. The van der Waals surface area contributed by atoms with Gasteiger partial charge in [0.1, 0.15) is 0 Å². The molecule has 1 aromatic heterocycles. The molecule has 14 rings (SSSR count). The van der Waals surface area contributed by atoms with Gasteiger partial charge in [0.15, 0.2) is 42.8 Å². The van der Waals surface area contributed by atoms with Gasteiger partial charge < -0.3 is 62.8 Å². The molecule has 3 aliphatic carbocycles. The molecular formula is C52H51N3O13. The largest absolute Gasteiger partial charge is 0.479 e. The molecule has 2 bridgehead atoms. The van der Waals surface area contributed by atoms with E-state index in [-0.39, 0.29) is 17.7 Å². The smallest absolute Gasteiger partial charge is 0.343 e. The fourth-order valence-corrected chi connectivity index (χ4v) is 12.6. The number of carbonyl (C=O) groups excluding carboxylic acids is 2. The van der Waals surface area contributed by atoms with Crippen LogP contribution in [0.5, 0.6) is 11.5 Å². The molecular weight excluding hydrogens is 875 g/mol. The minimum atomic E-state index is -1.22. The Morgan fingerprint density at radius 1 is 0.750 bits per heavy atom. The van der Waals surface area contributed by atoms with Gasteiger partial charge in [0.2, 0.25) is 0 Å². The van der Waals surface area contributed by atoms with Crippen LogP contribution in [0.2, 0.25) is 0 Å². The number of para-hydroxylation sites is 1. The number of piperidine rings is 1. The van der Waals surface area contributed by atoms with Gasteiger partial charge in [-0.15, -0.1) is 0 Å². The van der Waals surface area contributed by atoms with Crippen molar-refractivity contribution in [1.82, 2.24) is 9.88 Å². The lowest BCUT2D eigenvalue weighted by Crippen LogP contribution is -2.74. The summed E-state index contributed by atoms with van der Waals surface area (Å²) in [6, 6.07) is 20.2. The van der Waals surface area contributed by atoms with Gasteiger partial charge in [0, 0.05) is 57.8 Å². The number of aromatic nitrogens is 1. The standard InChI is InChI=1S/C52H51N3O13/c56-45(29-6-9-32(47-59-14-15-60-47)34(22-29)49-63-18-19-64-49)53-37-3-1-2-31-36-25-52(58)39-24-28-8-11-38(67-46(57)30-7-10-33(48-61-16-17-62-48)35(23-30)50-65-20-21-66-50)43-40(28)51(52,12-13-55(39)26-27-4-5-27)44(68-43)42(36)54-41(31)37/h1-3,6-11,22-23,27,39,44,47-50,54,58H,4-5,12-21,24-26H2,(H,53,56)/t39-,44+,51+,52-/m1/s1. The number of ether oxygens (including phenoxy) is 10. The lowest BCUT2D eigenvalue weighted by Gasteiger charge is -2.62. The van der Waals surface area contributed by atoms with Gasteiger partial charge >= 0.3 is 5.97 Å². The molecule has 5 saturated heterocycles. The normalized spacial score (nSPS) is 28.0. The van der Waals surface area contributed by atoms with Crippen molar-refractivity contribution >= 4 is 28.5 Å². The molecule has 68 heavy (non-hydrogen) atoms. The number of amides is 1. The second-order valence-corrected chi connectivity index (χ2v) is 19.5. The Balaban J connectivity index is 0.828. The Labute approximate surface area is 390 Å². The molecule has 6 aliphatic heterocycles. The average molecular weight is 926 g/mol. The Morgan fingerprint density at radius 3 is 2.01 bits per heavy atom. The highest BCUT2D eigenvalue weighted by Crippen LogP contribution is 2.69. The number of H-pyrrole nitrogens is 1. The fourth-order valence-electron chi connectivity index (χ4n) is 12.6. The molecule has 4 atom stereocenters. The van der Waals surface area contributed by atoms with E-state index in [2.05, 4.69) is 21.3 Å². The van der Waals surface area contributed by atoms with E-state index in [1.54, 1.807) is 24.3 Å². The summed E-state index contributed by atoms with van der Waals surface area (Å²) in [5.74, 6) is 0.512. The Morgan fingerprint density at radius 2 is 1.37 bits per heavy atom. The predicted molar refractivity (Wildman–Crippen MR) is 239 cm³/mol. The van der Waals surface area contributed by atoms with Gasteiger partial charge in [-0.2, -0.15) is 0 Å². The van der Waals surface area contributed by atoms with Crippen LogP contribution < -0.4 is 14.8 Å². The quantitative estimate of drug-likeness (QED) is 0.102. The summed E-state index contributed by atoms with van der Waals surface area (Å²) in [6.07, 6.45) is 0.954. The summed E-state index contributed by atoms with van der Waals surface area (Å²) in [7, 11) is 0. The van der Waals surface area contributed by atoms with E-state index in [4.69, 9.17) is 47.4 Å². The minimum absolute atomic E-state index is 0.161. The van der Waals surface area contributed by atoms with Crippen molar-refractivity contribution in [2.45, 2.75) is 80.4 Å². The van der Waals surface area contributed by atoms with Gasteiger partial charge in [0.25, 0.3) is 5.91 Å². The molecule has 5 aromatic rings. The zero-order chi connectivity index (χ0) is 45.3. The number of likely N-dealkylation sites (tertiary alicyclic amines) is 1. The zero-order valence-electron chi connectivity index (χ0n) is 37.3. The molecule has 352 valence electrons. The molecule has 0 unspecified atom stereocenters. The summed E-state index contributed by atoms with van der Waals surface area (Å²) in [5.41, 5.74) is 6.62. The Bertz CT molecular complexity index is 2870. The molecule has 4 aromatic carbocycles. The first-order valence-corrected chi connectivity index (χ1v) is 24.0. The van der Waals surface area contributed by atoms with Crippen LogP contribution in [0, 0.1) is 5.92 Å². The van der Waals surface area contributed by atoms with Gasteiger partial charge in [-0.25, -0.2) is 4.79 Å². The minimum Gasteiger partial charge on any atom is -0.479 e. The van der Waals surface area contributed by atoms with Crippen molar-refractivity contribution in [2.75, 3.05) is 71.3 Å². The van der Waals surface area contributed by atoms with Crippen LogP contribution in [-0.2, 0) is 56.2 Å². The number of nitrogens with one attached hydrogen (secondary N) is 2. The Kier molecular flexibility index (Phi) is 9.75.